The monoisotopic (exact) mass is 194 g/mol. The maximum Gasteiger partial charge on any atom is 0.0805 e. The molecule has 14 heavy (non-hydrogen) atoms. The third-order valence-electron chi connectivity index (χ3n) is 2.36. The topological polar surface area (TPSA) is 59.1 Å². The Morgan fingerprint density at radius 2 is 2.29 bits per heavy atom. The van der Waals surface area contributed by atoms with Crippen LogP contribution in [-0.4, -0.2) is 10.1 Å². The average molecular weight is 194 g/mol. The largest absolute Gasteiger partial charge is 0.397 e. The number of nitrogens with two attached hydrogens (primary N) is 1. The standard InChI is InChI=1S/C11H18N2O/c1-3-4-5-11(14)9-6-10(12)8(2)13-7-9/h6-7,11,14H,3-5,12H2,1-2H3. The van der Waals surface area contributed by atoms with E-state index in [1.54, 1.807) is 6.20 Å². The predicted molar refractivity (Wildman–Crippen MR) is 57.9 cm³/mol. The molecular weight excluding hydrogens is 176 g/mol. The van der Waals surface area contributed by atoms with Crippen LogP contribution in [0.3, 0.4) is 0 Å². The van der Waals surface area contributed by atoms with Gasteiger partial charge in [0.2, 0.25) is 0 Å². The van der Waals surface area contributed by atoms with Gasteiger partial charge in [-0.25, -0.2) is 0 Å². The highest BCUT2D eigenvalue weighted by Crippen LogP contribution is 2.21. The number of hydrogen-bond donors (Lipinski definition) is 2. The van der Waals surface area contributed by atoms with Gasteiger partial charge in [-0.3, -0.25) is 4.98 Å². The summed E-state index contributed by atoms with van der Waals surface area (Å²) in [5.41, 5.74) is 8.00. The number of aromatic nitrogens is 1. The van der Waals surface area contributed by atoms with Gasteiger partial charge in [0.05, 0.1) is 17.5 Å². The zero-order valence-corrected chi connectivity index (χ0v) is 8.83. The lowest BCUT2D eigenvalue weighted by atomic mass is 10.1. The first-order valence-electron chi connectivity index (χ1n) is 5.05. The number of rotatable bonds is 4. The Balaban J connectivity index is 2.70. The lowest BCUT2D eigenvalue weighted by molar-refractivity contribution is 0.164. The van der Waals surface area contributed by atoms with Gasteiger partial charge in [-0.2, -0.15) is 0 Å². The third kappa shape index (κ3) is 2.70. The molecule has 0 spiro atoms. The molecule has 1 aromatic rings. The normalized spacial score (nSPS) is 12.8. The quantitative estimate of drug-likeness (QED) is 0.772. The van der Waals surface area contributed by atoms with E-state index in [0.717, 1.165) is 30.5 Å². The molecule has 0 amide bonds. The Kier molecular flexibility index (Phi) is 3.89. The van der Waals surface area contributed by atoms with Crippen molar-refractivity contribution in [3.63, 3.8) is 0 Å². The smallest absolute Gasteiger partial charge is 0.0805 e. The molecule has 0 aliphatic carbocycles. The number of unbranched alkanes of at least 4 members (excludes halogenated alkanes) is 1. The molecule has 0 fully saturated rings. The van der Waals surface area contributed by atoms with E-state index in [1.807, 2.05) is 13.0 Å². The highest BCUT2D eigenvalue weighted by Gasteiger charge is 2.08. The number of aliphatic hydroxyl groups excluding tert-OH is 1. The van der Waals surface area contributed by atoms with E-state index in [1.165, 1.54) is 0 Å². The molecule has 3 nitrogen and oxygen atoms in total. The van der Waals surface area contributed by atoms with E-state index in [9.17, 15) is 5.11 Å². The van der Waals surface area contributed by atoms with Crippen molar-refractivity contribution in [2.75, 3.05) is 5.73 Å². The van der Waals surface area contributed by atoms with E-state index >= 15 is 0 Å². The molecule has 3 N–H and O–H groups in total. The molecule has 0 saturated carbocycles. The second-order valence-corrected chi connectivity index (χ2v) is 3.60. The summed E-state index contributed by atoms with van der Waals surface area (Å²) < 4.78 is 0. The van der Waals surface area contributed by atoms with Crippen LogP contribution in [0.5, 0.6) is 0 Å². The lowest BCUT2D eigenvalue weighted by Gasteiger charge is -2.11. The summed E-state index contributed by atoms with van der Waals surface area (Å²) in [5, 5.41) is 9.77. The zero-order valence-electron chi connectivity index (χ0n) is 8.83. The molecule has 0 saturated heterocycles. The van der Waals surface area contributed by atoms with E-state index in [2.05, 4.69) is 11.9 Å². The summed E-state index contributed by atoms with van der Waals surface area (Å²) in [6, 6.07) is 1.81. The molecule has 0 radical (unpaired) electrons. The molecule has 78 valence electrons. The number of hydrogen-bond acceptors (Lipinski definition) is 3. The van der Waals surface area contributed by atoms with Crippen LogP contribution in [0.15, 0.2) is 12.3 Å². The van der Waals surface area contributed by atoms with Gasteiger partial charge in [-0.05, 0) is 19.4 Å². The molecule has 0 aromatic carbocycles. The highest BCUT2D eigenvalue weighted by molar-refractivity contribution is 5.44. The van der Waals surface area contributed by atoms with Crippen molar-refractivity contribution in [1.29, 1.82) is 0 Å². The van der Waals surface area contributed by atoms with Crippen LogP contribution in [0.4, 0.5) is 5.69 Å². The van der Waals surface area contributed by atoms with Crippen LogP contribution in [0, 0.1) is 6.92 Å². The van der Waals surface area contributed by atoms with Crippen molar-refractivity contribution in [2.45, 2.75) is 39.2 Å². The van der Waals surface area contributed by atoms with Gasteiger partial charge >= 0.3 is 0 Å². The molecule has 1 rings (SSSR count). The van der Waals surface area contributed by atoms with Gasteiger partial charge in [-0.15, -0.1) is 0 Å². The SMILES string of the molecule is CCCCC(O)c1cnc(C)c(N)c1. The van der Waals surface area contributed by atoms with Gasteiger partial charge < -0.3 is 10.8 Å². The van der Waals surface area contributed by atoms with Crippen molar-refractivity contribution in [2.24, 2.45) is 0 Å². The molecule has 0 aliphatic rings. The molecule has 1 heterocycles. The van der Waals surface area contributed by atoms with E-state index in [0.29, 0.717) is 5.69 Å². The van der Waals surface area contributed by atoms with Gasteiger partial charge in [-0.1, -0.05) is 19.8 Å². The summed E-state index contributed by atoms with van der Waals surface area (Å²) in [4.78, 5) is 4.12. The molecule has 3 heteroatoms. The first-order valence-corrected chi connectivity index (χ1v) is 5.05. The Morgan fingerprint density at radius 1 is 1.57 bits per heavy atom. The molecule has 1 unspecified atom stereocenters. The maximum atomic E-state index is 9.77. The van der Waals surface area contributed by atoms with Crippen LogP contribution >= 0.6 is 0 Å². The van der Waals surface area contributed by atoms with Crippen LogP contribution in [-0.2, 0) is 0 Å². The van der Waals surface area contributed by atoms with Gasteiger partial charge in [0.25, 0.3) is 0 Å². The van der Waals surface area contributed by atoms with Crippen molar-refractivity contribution >= 4 is 5.69 Å². The van der Waals surface area contributed by atoms with Crippen LogP contribution < -0.4 is 5.73 Å². The second-order valence-electron chi connectivity index (χ2n) is 3.60. The fraction of sp³-hybridized carbons (Fsp3) is 0.545. The lowest BCUT2D eigenvalue weighted by Crippen LogP contribution is -2.01. The number of aryl methyl sites for hydroxylation is 1. The highest BCUT2D eigenvalue weighted by atomic mass is 16.3. The van der Waals surface area contributed by atoms with Gasteiger partial charge in [0, 0.05) is 11.8 Å². The fourth-order valence-corrected chi connectivity index (χ4v) is 1.31. The van der Waals surface area contributed by atoms with E-state index < -0.39 is 6.10 Å². The molecule has 1 atom stereocenters. The molecule has 0 aliphatic heterocycles. The van der Waals surface area contributed by atoms with Crippen LogP contribution in [0.1, 0.15) is 43.5 Å². The van der Waals surface area contributed by atoms with E-state index in [-0.39, 0.29) is 0 Å². The summed E-state index contributed by atoms with van der Waals surface area (Å²) in [6.07, 6.45) is 4.17. The molecule has 0 bridgehead atoms. The minimum Gasteiger partial charge on any atom is -0.397 e. The summed E-state index contributed by atoms with van der Waals surface area (Å²) in [6.45, 7) is 3.96. The van der Waals surface area contributed by atoms with Crippen molar-refractivity contribution in [1.82, 2.24) is 4.98 Å². The Hall–Kier alpha value is -1.09. The number of nitrogen functional groups attached to an aromatic ring is 1. The Labute approximate surface area is 85.0 Å². The number of aliphatic hydroxyl groups is 1. The average Bonchev–Trinajstić information content (AvgIpc) is 2.18. The minimum absolute atomic E-state index is 0.426. The summed E-state index contributed by atoms with van der Waals surface area (Å²) >= 11 is 0. The van der Waals surface area contributed by atoms with Crippen LogP contribution in [0.2, 0.25) is 0 Å². The fourth-order valence-electron chi connectivity index (χ4n) is 1.31. The Morgan fingerprint density at radius 3 is 2.86 bits per heavy atom. The first-order chi connectivity index (χ1) is 6.65. The van der Waals surface area contributed by atoms with E-state index in [4.69, 9.17) is 5.73 Å². The Bertz CT molecular complexity index is 299. The third-order valence-corrected chi connectivity index (χ3v) is 2.36. The van der Waals surface area contributed by atoms with Crippen LogP contribution in [0.25, 0.3) is 0 Å². The van der Waals surface area contributed by atoms with Crippen molar-refractivity contribution < 1.29 is 5.11 Å². The number of pyridine rings is 1. The minimum atomic E-state index is -0.426. The number of nitrogens with zero attached hydrogens (tertiary/aromatic N) is 1. The predicted octanol–water partition coefficient (Wildman–Crippen LogP) is 2.20. The summed E-state index contributed by atoms with van der Waals surface area (Å²) in [5.74, 6) is 0. The molecule has 1 aromatic heterocycles. The first kappa shape index (κ1) is 11.0. The van der Waals surface area contributed by atoms with Gasteiger partial charge in [0.15, 0.2) is 0 Å². The summed E-state index contributed by atoms with van der Waals surface area (Å²) in [7, 11) is 0. The van der Waals surface area contributed by atoms with Gasteiger partial charge in [0.1, 0.15) is 0 Å². The van der Waals surface area contributed by atoms with Crippen molar-refractivity contribution in [3.05, 3.63) is 23.5 Å². The second kappa shape index (κ2) is 4.96. The maximum absolute atomic E-state index is 9.77. The zero-order chi connectivity index (χ0) is 10.6. The molecular formula is C11H18N2O. The number of anilines is 1. The van der Waals surface area contributed by atoms with Crippen molar-refractivity contribution in [3.8, 4) is 0 Å².